The zero-order valence-electron chi connectivity index (χ0n) is 20.4. The number of β-amino-alcohol motifs (C(OH)–C–C–N with tert-alkyl or cyclic N) is 1. The summed E-state index contributed by atoms with van der Waals surface area (Å²) in [6.07, 6.45) is -0.364. The van der Waals surface area contributed by atoms with Crippen molar-refractivity contribution in [3.05, 3.63) is 41.0 Å². The summed E-state index contributed by atoms with van der Waals surface area (Å²) in [5.41, 5.74) is 4.26. The summed E-state index contributed by atoms with van der Waals surface area (Å²) < 4.78 is 0. The highest BCUT2D eigenvalue weighted by molar-refractivity contribution is 7.13. The van der Waals surface area contributed by atoms with Crippen LogP contribution in [0.15, 0.2) is 29.8 Å². The molecule has 1 aromatic heterocycles. The van der Waals surface area contributed by atoms with Crippen molar-refractivity contribution in [2.75, 3.05) is 6.54 Å². The average Bonchev–Trinajstić information content (AvgIpc) is 3.40. The van der Waals surface area contributed by atoms with Crippen molar-refractivity contribution in [2.24, 2.45) is 5.41 Å². The van der Waals surface area contributed by atoms with Gasteiger partial charge < -0.3 is 20.6 Å². The molecular weight excluding hydrogens is 452 g/mol. The molecule has 184 valence electrons. The summed E-state index contributed by atoms with van der Waals surface area (Å²) in [4.78, 5) is 45.2. The molecule has 1 fully saturated rings. The van der Waals surface area contributed by atoms with Crippen molar-refractivity contribution >= 4 is 29.1 Å². The molecule has 1 aliphatic heterocycles. The van der Waals surface area contributed by atoms with Crippen molar-refractivity contribution < 1.29 is 19.5 Å². The third kappa shape index (κ3) is 6.01. The van der Waals surface area contributed by atoms with Gasteiger partial charge in [0.15, 0.2) is 0 Å². The van der Waals surface area contributed by atoms with Gasteiger partial charge >= 0.3 is 0 Å². The number of likely N-dealkylation sites (tertiary alicyclic amines) is 1. The quantitative estimate of drug-likeness (QED) is 0.557. The molecule has 0 saturated carbocycles. The Bertz CT molecular complexity index is 1030. The van der Waals surface area contributed by atoms with Crippen LogP contribution < -0.4 is 10.6 Å². The summed E-state index contributed by atoms with van der Waals surface area (Å²) in [6.45, 7) is 9.67. The number of aliphatic hydroxyl groups is 1. The van der Waals surface area contributed by atoms with Crippen molar-refractivity contribution in [3.63, 3.8) is 0 Å². The average molecular weight is 487 g/mol. The van der Waals surface area contributed by atoms with Crippen molar-refractivity contribution in [1.82, 2.24) is 20.5 Å². The molecule has 1 saturated heterocycles. The molecule has 0 spiro atoms. The largest absolute Gasteiger partial charge is 0.391 e. The van der Waals surface area contributed by atoms with Gasteiger partial charge in [0.2, 0.25) is 17.7 Å². The maximum absolute atomic E-state index is 13.4. The zero-order valence-corrected chi connectivity index (χ0v) is 21.2. The molecule has 3 rings (SSSR count). The number of hydrogen-bond acceptors (Lipinski definition) is 6. The van der Waals surface area contributed by atoms with Crippen LogP contribution in [-0.4, -0.2) is 57.4 Å². The minimum Gasteiger partial charge on any atom is -0.391 e. The second-order valence-electron chi connectivity index (χ2n) is 9.80. The van der Waals surface area contributed by atoms with Gasteiger partial charge in [0.05, 0.1) is 22.2 Å². The fourth-order valence-corrected chi connectivity index (χ4v) is 4.86. The number of nitrogens with zero attached hydrogens (tertiary/aromatic N) is 2. The predicted octanol–water partition coefficient (Wildman–Crippen LogP) is 2.64. The smallest absolute Gasteiger partial charge is 0.246 e. The summed E-state index contributed by atoms with van der Waals surface area (Å²) >= 11 is 1.59. The minimum absolute atomic E-state index is 0.0639. The maximum atomic E-state index is 13.4. The van der Waals surface area contributed by atoms with Crippen LogP contribution in [0.2, 0.25) is 0 Å². The number of nitrogens with one attached hydrogen (secondary N) is 2. The molecular formula is C25H34N4O4S. The fraction of sp³-hybridized carbons (Fsp3) is 0.520. The third-order valence-electron chi connectivity index (χ3n) is 6.03. The van der Waals surface area contributed by atoms with Gasteiger partial charge in [-0.1, -0.05) is 52.0 Å². The van der Waals surface area contributed by atoms with Crippen LogP contribution in [0.5, 0.6) is 0 Å². The molecule has 1 aromatic carbocycles. The van der Waals surface area contributed by atoms with Gasteiger partial charge in [-0.3, -0.25) is 14.4 Å². The number of carbonyl (C=O) groups excluding carboxylic acids is 3. The summed E-state index contributed by atoms with van der Waals surface area (Å²) in [5, 5.41) is 15.9. The Labute approximate surface area is 204 Å². The first kappa shape index (κ1) is 25.8. The van der Waals surface area contributed by atoms with Gasteiger partial charge in [0, 0.05) is 25.9 Å². The summed E-state index contributed by atoms with van der Waals surface area (Å²) in [5.74, 6) is -0.900. The summed E-state index contributed by atoms with van der Waals surface area (Å²) in [7, 11) is 0. The van der Waals surface area contributed by atoms with E-state index in [0.29, 0.717) is 6.54 Å². The van der Waals surface area contributed by atoms with Gasteiger partial charge in [-0.15, -0.1) is 11.3 Å². The SMILES string of the molecule is CCC(=O)N[C@H](C(=O)N1C[C@H](O)C[C@H]1C(=O)NCc1ccc(-c2scnc2C)cc1)C(C)(C)C. The molecule has 2 heterocycles. The van der Waals surface area contributed by atoms with Crippen LogP contribution in [-0.2, 0) is 20.9 Å². The van der Waals surface area contributed by atoms with Gasteiger partial charge in [-0.25, -0.2) is 4.98 Å². The third-order valence-corrected chi connectivity index (χ3v) is 7.01. The van der Waals surface area contributed by atoms with Crippen molar-refractivity contribution in [3.8, 4) is 10.4 Å². The highest BCUT2D eigenvalue weighted by atomic mass is 32.1. The molecule has 0 radical (unpaired) electrons. The Kier molecular flexibility index (Phi) is 8.09. The molecule has 1 aliphatic rings. The number of amides is 3. The Morgan fingerprint density at radius 1 is 1.24 bits per heavy atom. The van der Waals surface area contributed by atoms with Gasteiger partial charge in [0.25, 0.3) is 0 Å². The van der Waals surface area contributed by atoms with E-state index in [1.807, 2.05) is 57.5 Å². The lowest BCUT2D eigenvalue weighted by Gasteiger charge is -2.35. The molecule has 9 heteroatoms. The maximum Gasteiger partial charge on any atom is 0.246 e. The number of aryl methyl sites for hydroxylation is 1. The van der Waals surface area contributed by atoms with E-state index in [1.54, 1.807) is 18.3 Å². The van der Waals surface area contributed by atoms with E-state index < -0.39 is 23.6 Å². The molecule has 8 nitrogen and oxygen atoms in total. The van der Waals surface area contributed by atoms with Crippen molar-refractivity contribution in [1.29, 1.82) is 0 Å². The first-order valence-corrected chi connectivity index (χ1v) is 12.4. The lowest BCUT2D eigenvalue weighted by molar-refractivity contribution is -0.144. The lowest BCUT2D eigenvalue weighted by Crippen LogP contribution is -2.57. The molecule has 0 unspecified atom stereocenters. The zero-order chi connectivity index (χ0) is 25.0. The highest BCUT2D eigenvalue weighted by Crippen LogP contribution is 2.28. The lowest BCUT2D eigenvalue weighted by atomic mass is 9.85. The molecule has 0 aliphatic carbocycles. The second-order valence-corrected chi connectivity index (χ2v) is 10.7. The fourth-order valence-electron chi connectivity index (χ4n) is 4.04. The van der Waals surface area contributed by atoms with Crippen molar-refractivity contribution in [2.45, 2.75) is 72.2 Å². The topological polar surface area (TPSA) is 112 Å². The summed E-state index contributed by atoms with van der Waals surface area (Å²) in [6, 6.07) is 6.34. The van der Waals surface area contributed by atoms with Gasteiger partial charge in [0.1, 0.15) is 12.1 Å². The molecule has 34 heavy (non-hydrogen) atoms. The Balaban J connectivity index is 1.67. The standard InChI is InChI=1S/C25H34N4O4S/c1-6-20(31)28-22(25(3,4)5)24(33)29-13-18(30)11-19(29)23(32)26-12-16-7-9-17(10-8-16)21-15(2)27-14-34-21/h7-10,14,18-19,22,30H,6,11-13H2,1-5H3,(H,26,32)(H,28,31)/t18-,19+,22-/m1/s1. The van der Waals surface area contributed by atoms with Gasteiger partial charge in [-0.2, -0.15) is 0 Å². The van der Waals surface area contributed by atoms with Crippen LogP contribution in [0, 0.1) is 12.3 Å². The van der Waals surface area contributed by atoms with E-state index in [9.17, 15) is 19.5 Å². The molecule has 3 amide bonds. The number of rotatable bonds is 7. The molecule has 3 N–H and O–H groups in total. The number of thiazole rings is 1. The molecule has 0 bridgehead atoms. The van der Waals surface area contributed by atoms with E-state index in [0.717, 1.165) is 21.7 Å². The Morgan fingerprint density at radius 3 is 2.47 bits per heavy atom. The number of benzene rings is 1. The van der Waals surface area contributed by atoms with Crippen LogP contribution in [0.4, 0.5) is 0 Å². The number of hydrogen-bond donors (Lipinski definition) is 3. The number of aromatic nitrogens is 1. The number of aliphatic hydroxyl groups excluding tert-OH is 1. The van der Waals surface area contributed by atoms with Crippen LogP contribution in [0.1, 0.15) is 51.8 Å². The van der Waals surface area contributed by atoms with Crippen LogP contribution in [0.25, 0.3) is 10.4 Å². The second kappa shape index (κ2) is 10.7. The van der Waals surface area contributed by atoms with E-state index in [4.69, 9.17) is 0 Å². The predicted molar refractivity (Wildman–Crippen MR) is 132 cm³/mol. The van der Waals surface area contributed by atoms with Crippen LogP contribution in [0.3, 0.4) is 0 Å². The van der Waals surface area contributed by atoms with Gasteiger partial charge in [-0.05, 0) is 23.5 Å². The first-order valence-electron chi connectivity index (χ1n) is 11.6. The molecule has 3 atom stereocenters. The Morgan fingerprint density at radius 2 is 1.91 bits per heavy atom. The van der Waals surface area contributed by atoms with E-state index in [-0.39, 0.29) is 37.1 Å². The van der Waals surface area contributed by atoms with E-state index in [1.165, 1.54) is 4.90 Å². The number of carbonyl (C=O) groups is 3. The van der Waals surface area contributed by atoms with E-state index >= 15 is 0 Å². The first-order chi connectivity index (χ1) is 16.0. The molecule has 2 aromatic rings. The Hall–Kier alpha value is -2.78. The monoisotopic (exact) mass is 486 g/mol. The van der Waals surface area contributed by atoms with E-state index in [2.05, 4.69) is 15.6 Å². The van der Waals surface area contributed by atoms with Crippen LogP contribution >= 0.6 is 11.3 Å². The normalized spacial score (nSPS) is 19.1. The highest BCUT2D eigenvalue weighted by Gasteiger charge is 2.44. The minimum atomic E-state index is -0.789.